The van der Waals surface area contributed by atoms with Gasteiger partial charge in [-0.1, -0.05) is 0 Å². The Hall–Kier alpha value is -1.93. The number of carbonyl (C=O) groups excluding carboxylic acids is 1. The van der Waals surface area contributed by atoms with Crippen LogP contribution in [0.4, 0.5) is 5.69 Å². The molecule has 2 aromatic rings. The highest BCUT2D eigenvalue weighted by atomic mass is 35.7. The molecule has 1 atom stereocenters. The van der Waals surface area contributed by atoms with Crippen molar-refractivity contribution in [3.05, 3.63) is 30.7 Å². The summed E-state index contributed by atoms with van der Waals surface area (Å²) in [4.78, 5) is 13.3. The molecule has 3 rings (SSSR count). The maximum atomic E-state index is 11.9. The lowest BCUT2D eigenvalue weighted by Crippen LogP contribution is -2.26. The summed E-state index contributed by atoms with van der Waals surface area (Å²) >= 11 is 0. The van der Waals surface area contributed by atoms with E-state index in [1.165, 1.54) is 11.3 Å². The molecule has 0 N–H and O–H groups in total. The van der Waals surface area contributed by atoms with Gasteiger partial charge in [0.05, 0.1) is 0 Å². The second kappa shape index (κ2) is 5.12. The van der Waals surface area contributed by atoms with E-state index in [0.29, 0.717) is 17.1 Å². The molecule has 7 nitrogen and oxygen atoms in total. The SMILES string of the molecule is O=C1CC(S(=O)(=O)Cl)CN1c1ccc(-c2nnco2)cc1. The van der Waals surface area contributed by atoms with Crippen molar-refractivity contribution in [3.8, 4) is 11.5 Å². The summed E-state index contributed by atoms with van der Waals surface area (Å²) in [6.07, 6.45) is 1.13. The van der Waals surface area contributed by atoms with E-state index < -0.39 is 14.3 Å². The minimum absolute atomic E-state index is 0.0601. The highest BCUT2D eigenvalue weighted by molar-refractivity contribution is 8.14. The monoisotopic (exact) mass is 327 g/mol. The third kappa shape index (κ3) is 2.77. The molecule has 2 heterocycles. The van der Waals surface area contributed by atoms with Gasteiger partial charge in [0.1, 0.15) is 5.25 Å². The fourth-order valence-corrected chi connectivity index (χ4v) is 3.22. The molecule has 9 heteroatoms. The topological polar surface area (TPSA) is 93.4 Å². The largest absolute Gasteiger partial charge is 0.423 e. The molecular formula is C12H10ClN3O4S. The van der Waals surface area contributed by atoms with Gasteiger partial charge in [0.2, 0.25) is 27.2 Å². The van der Waals surface area contributed by atoms with Crippen LogP contribution in [0.2, 0.25) is 0 Å². The van der Waals surface area contributed by atoms with E-state index >= 15 is 0 Å². The first-order valence-electron chi connectivity index (χ1n) is 6.05. The van der Waals surface area contributed by atoms with E-state index in [-0.39, 0.29) is 18.9 Å². The van der Waals surface area contributed by atoms with Gasteiger partial charge in [0, 0.05) is 34.9 Å². The van der Waals surface area contributed by atoms with E-state index in [0.717, 1.165) is 0 Å². The van der Waals surface area contributed by atoms with Gasteiger partial charge in [0.15, 0.2) is 0 Å². The predicted molar refractivity (Wildman–Crippen MR) is 75.3 cm³/mol. The van der Waals surface area contributed by atoms with Gasteiger partial charge in [-0.05, 0) is 24.3 Å². The maximum absolute atomic E-state index is 11.9. The Bertz CT molecular complexity index is 758. The molecule has 0 bridgehead atoms. The van der Waals surface area contributed by atoms with Crippen LogP contribution in [0.15, 0.2) is 35.1 Å². The molecule has 0 radical (unpaired) electrons. The lowest BCUT2D eigenvalue weighted by molar-refractivity contribution is -0.117. The summed E-state index contributed by atoms with van der Waals surface area (Å²) in [7, 11) is 1.57. The van der Waals surface area contributed by atoms with Crippen molar-refractivity contribution in [2.75, 3.05) is 11.4 Å². The summed E-state index contributed by atoms with van der Waals surface area (Å²) in [5.41, 5.74) is 1.32. The summed E-state index contributed by atoms with van der Waals surface area (Å²) < 4.78 is 27.7. The summed E-state index contributed by atoms with van der Waals surface area (Å²) in [5.74, 6) is 0.102. The normalized spacial score (nSPS) is 19.2. The standard InChI is InChI=1S/C12H10ClN3O4S/c13-21(18,19)10-5-11(17)16(6-10)9-3-1-8(2-4-9)12-15-14-7-20-12/h1-4,7,10H,5-6H2. The number of halogens is 1. The van der Waals surface area contributed by atoms with Crippen LogP contribution in [0, 0.1) is 0 Å². The van der Waals surface area contributed by atoms with E-state index in [1.54, 1.807) is 24.3 Å². The van der Waals surface area contributed by atoms with Crippen molar-refractivity contribution < 1.29 is 17.6 Å². The minimum Gasteiger partial charge on any atom is -0.423 e. The molecule has 0 aliphatic carbocycles. The first kappa shape index (κ1) is 14.0. The molecule has 1 saturated heterocycles. The summed E-state index contributed by atoms with van der Waals surface area (Å²) in [6.45, 7) is 0.0601. The van der Waals surface area contributed by atoms with Crippen molar-refractivity contribution in [2.45, 2.75) is 11.7 Å². The number of nitrogens with zero attached hydrogens (tertiary/aromatic N) is 3. The predicted octanol–water partition coefficient (Wildman–Crippen LogP) is 1.41. The molecule has 0 spiro atoms. The number of carbonyl (C=O) groups is 1. The second-order valence-corrected chi connectivity index (χ2v) is 7.51. The number of benzene rings is 1. The van der Waals surface area contributed by atoms with Crippen LogP contribution in [0.3, 0.4) is 0 Å². The Balaban J connectivity index is 1.83. The van der Waals surface area contributed by atoms with Crippen LogP contribution >= 0.6 is 10.7 Å². The van der Waals surface area contributed by atoms with Gasteiger partial charge < -0.3 is 9.32 Å². The average Bonchev–Trinajstić information content (AvgIpc) is 3.07. The molecule has 1 amide bonds. The minimum atomic E-state index is -3.74. The quantitative estimate of drug-likeness (QED) is 0.791. The van der Waals surface area contributed by atoms with Gasteiger partial charge in [-0.2, -0.15) is 0 Å². The highest BCUT2D eigenvalue weighted by Gasteiger charge is 2.37. The van der Waals surface area contributed by atoms with Gasteiger partial charge in [-0.15, -0.1) is 10.2 Å². The summed E-state index contributed by atoms with van der Waals surface area (Å²) in [6, 6.07) is 6.83. The van der Waals surface area contributed by atoms with E-state index in [4.69, 9.17) is 15.1 Å². The average molecular weight is 328 g/mol. The van der Waals surface area contributed by atoms with Crippen LogP contribution in [0.1, 0.15) is 6.42 Å². The van der Waals surface area contributed by atoms with E-state index in [2.05, 4.69) is 10.2 Å². The Morgan fingerprint density at radius 2 is 2.00 bits per heavy atom. The van der Waals surface area contributed by atoms with Crippen molar-refractivity contribution >= 4 is 31.3 Å². The van der Waals surface area contributed by atoms with Crippen LogP contribution in [0.25, 0.3) is 11.5 Å². The zero-order valence-electron chi connectivity index (χ0n) is 10.6. The molecule has 1 fully saturated rings. The van der Waals surface area contributed by atoms with Crippen molar-refractivity contribution in [1.82, 2.24) is 10.2 Å². The number of hydrogen-bond donors (Lipinski definition) is 0. The van der Waals surface area contributed by atoms with Crippen molar-refractivity contribution in [2.24, 2.45) is 0 Å². The third-order valence-electron chi connectivity index (χ3n) is 3.27. The number of anilines is 1. The Morgan fingerprint density at radius 3 is 2.52 bits per heavy atom. The number of rotatable bonds is 3. The lowest BCUT2D eigenvalue weighted by atomic mass is 10.2. The van der Waals surface area contributed by atoms with Crippen LogP contribution in [0.5, 0.6) is 0 Å². The second-order valence-electron chi connectivity index (χ2n) is 4.60. The molecular weight excluding hydrogens is 318 g/mol. The van der Waals surface area contributed by atoms with Gasteiger partial charge in [-0.25, -0.2) is 8.42 Å². The molecule has 0 saturated carbocycles. The summed E-state index contributed by atoms with van der Waals surface area (Å²) in [5, 5.41) is 6.49. The molecule has 1 unspecified atom stereocenters. The van der Waals surface area contributed by atoms with Crippen molar-refractivity contribution in [3.63, 3.8) is 0 Å². The Labute approximate surface area is 124 Å². The van der Waals surface area contributed by atoms with Crippen LogP contribution in [-0.4, -0.2) is 36.3 Å². The first-order chi connectivity index (χ1) is 9.95. The fourth-order valence-electron chi connectivity index (χ4n) is 2.20. The zero-order chi connectivity index (χ0) is 15.0. The number of aromatic nitrogens is 2. The molecule has 21 heavy (non-hydrogen) atoms. The van der Waals surface area contributed by atoms with E-state index in [9.17, 15) is 13.2 Å². The highest BCUT2D eigenvalue weighted by Crippen LogP contribution is 2.28. The van der Waals surface area contributed by atoms with E-state index in [1.807, 2.05) is 0 Å². The smallest absolute Gasteiger partial charge is 0.247 e. The van der Waals surface area contributed by atoms with Gasteiger partial charge in [-0.3, -0.25) is 4.79 Å². The van der Waals surface area contributed by atoms with Crippen molar-refractivity contribution in [1.29, 1.82) is 0 Å². The van der Waals surface area contributed by atoms with Gasteiger partial charge in [0.25, 0.3) is 0 Å². The first-order valence-corrected chi connectivity index (χ1v) is 8.43. The molecule has 1 aliphatic heterocycles. The molecule has 1 aromatic heterocycles. The van der Waals surface area contributed by atoms with Gasteiger partial charge >= 0.3 is 0 Å². The maximum Gasteiger partial charge on any atom is 0.247 e. The Kier molecular flexibility index (Phi) is 3.42. The zero-order valence-corrected chi connectivity index (χ0v) is 12.2. The van der Waals surface area contributed by atoms with Crippen LogP contribution < -0.4 is 4.90 Å². The number of hydrogen-bond acceptors (Lipinski definition) is 6. The molecule has 110 valence electrons. The lowest BCUT2D eigenvalue weighted by Gasteiger charge is -2.16. The van der Waals surface area contributed by atoms with Crippen LogP contribution in [-0.2, 0) is 13.8 Å². The fraction of sp³-hybridized carbons (Fsp3) is 0.250. The Morgan fingerprint density at radius 1 is 1.29 bits per heavy atom. The number of amides is 1. The molecule has 1 aromatic carbocycles. The molecule has 1 aliphatic rings. The third-order valence-corrected chi connectivity index (χ3v) is 5.14.